The van der Waals surface area contributed by atoms with E-state index >= 15 is 0 Å². The molecule has 3 rings (SSSR count). The molecule has 0 radical (unpaired) electrons. The summed E-state index contributed by atoms with van der Waals surface area (Å²) in [7, 11) is 0. The molecule has 0 aliphatic heterocycles. The van der Waals surface area contributed by atoms with E-state index < -0.39 is 0 Å². The summed E-state index contributed by atoms with van der Waals surface area (Å²) in [6, 6.07) is 10.4. The lowest BCUT2D eigenvalue weighted by Gasteiger charge is -2.02. The Bertz CT molecular complexity index is 870. The first kappa shape index (κ1) is 18.2. The molecule has 0 spiro atoms. The topological polar surface area (TPSA) is 85.8 Å². The van der Waals surface area contributed by atoms with Gasteiger partial charge in [-0.15, -0.1) is 16.9 Å². The highest BCUT2D eigenvalue weighted by Crippen LogP contribution is 2.21. The van der Waals surface area contributed by atoms with Gasteiger partial charge in [-0.05, 0) is 39.0 Å². The Morgan fingerprint density at radius 1 is 1.23 bits per heavy atom. The fourth-order valence-corrected chi connectivity index (χ4v) is 3.05. The summed E-state index contributed by atoms with van der Waals surface area (Å²) in [6.07, 6.45) is 2.21. The van der Waals surface area contributed by atoms with Gasteiger partial charge in [0.05, 0.1) is 0 Å². The summed E-state index contributed by atoms with van der Waals surface area (Å²) in [4.78, 5) is 13.2. The average Bonchev–Trinajstić information content (AvgIpc) is 3.26. The molecule has 0 saturated heterocycles. The molecule has 0 bridgehead atoms. The largest absolute Gasteiger partial charge is 0.401 e. The van der Waals surface area contributed by atoms with Gasteiger partial charge in [0.15, 0.2) is 0 Å². The molecule has 7 nitrogen and oxygen atoms in total. The van der Waals surface area contributed by atoms with Gasteiger partial charge in [-0.1, -0.05) is 22.8 Å². The van der Waals surface area contributed by atoms with E-state index in [1.807, 2.05) is 27.0 Å². The van der Waals surface area contributed by atoms with Crippen LogP contribution in [-0.4, -0.2) is 31.6 Å². The fourth-order valence-electron chi connectivity index (χ4n) is 2.19. The van der Waals surface area contributed by atoms with Crippen LogP contribution in [-0.2, 0) is 4.79 Å². The van der Waals surface area contributed by atoms with E-state index in [0.29, 0.717) is 17.9 Å². The van der Waals surface area contributed by atoms with Gasteiger partial charge in [0, 0.05) is 29.3 Å². The zero-order chi connectivity index (χ0) is 18.5. The smallest absolute Gasteiger partial charge is 0.322 e. The quantitative estimate of drug-likeness (QED) is 0.633. The molecule has 3 aromatic rings. The Balaban J connectivity index is 1.50. The van der Waals surface area contributed by atoms with Crippen LogP contribution in [0.5, 0.6) is 0 Å². The van der Waals surface area contributed by atoms with Crippen LogP contribution in [0.1, 0.15) is 31.9 Å². The van der Waals surface area contributed by atoms with Crippen molar-refractivity contribution in [3.63, 3.8) is 0 Å². The maximum Gasteiger partial charge on any atom is 0.322 e. The lowest BCUT2D eigenvalue weighted by molar-refractivity contribution is -0.115. The molecule has 26 heavy (non-hydrogen) atoms. The molecule has 0 unspecified atom stereocenters. The average molecular weight is 371 g/mol. The zero-order valence-corrected chi connectivity index (χ0v) is 15.8. The number of nitrogens with zero attached hydrogens (tertiary/aromatic N) is 4. The van der Waals surface area contributed by atoms with Crippen molar-refractivity contribution in [2.24, 2.45) is 0 Å². The molecule has 1 amide bonds. The van der Waals surface area contributed by atoms with Crippen molar-refractivity contribution in [1.82, 2.24) is 20.0 Å². The molecular formula is C18H21N5O2S. The lowest BCUT2D eigenvalue weighted by Crippen LogP contribution is -2.12. The summed E-state index contributed by atoms with van der Waals surface area (Å²) in [5.74, 6) is 0.801. The molecule has 0 saturated carbocycles. The molecular weight excluding hydrogens is 350 g/mol. The Kier molecular flexibility index (Phi) is 5.72. The van der Waals surface area contributed by atoms with Crippen molar-refractivity contribution in [2.75, 3.05) is 11.1 Å². The monoisotopic (exact) mass is 371 g/mol. The van der Waals surface area contributed by atoms with Crippen LogP contribution in [0.2, 0.25) is 0 Å². The van der Waals surface area contributed by atoms with Crippen molar-refractivity contribution in [3.8, 4) is 11.6 Å². The Labute approximate surface area is 156 Å². The number of anilines is 1. The van der Waals surface area contributed by atoms with Gasteiger partial charge >= 0.3 is 6.01 Å². The van der Waals surface area contributed by atoms with E-state index in [-0.39, 0.29) is 23.9 Å². The first-order valence-corrected chi connectivity index (χ1v) is 9.38. The second-order valence-corrected chi connectivity index (χ2v) is 7.32. The molecule has 8 heteroatoms. The third kappa shape index (κ3) is 4.72. The number of rotatable bonds is 7. The lowest BCUT2D eigenvalue weighted by atomic mass is 10.2. The number of benzene rings is 1. The SMILES string of the molecule is Cc1ccc(SCCC(=O)Nc2nnc(-c3ccn(C(C)C)n3)o2)cc1. The third-order valence-corrected chi connectivity index (χ3v) is 4.66. The number of nitrogens with one attached hydrogen (secondary N) is 1. The maximum atomic E-state index is 12.0. The number of aromatic nitrogens is 4. The van der Waals surface area contributed by atoms with Crippen molar-refractivity contribution < 1.29 is 9.21 Å². The van der Waals surface area contributed by atoms with Crippen LogP contribution < -0.4 is 5.32 Å². The molecule has 0 atom stereocenters. The van der Waals surface area contributed by atoms with Crippen molar-refractivity contribution >= 4 is 23.7 Å². The van der Waals surface area contributed by atoms with Crippen molar-refractivity contribution in [1.29, 1.82) is 0 Å². The van der Waals surface area contributed by atoms with E-state index in [4.69, 9.17) is 4.42 Å². The number of aryl methyl sites for hydroxylation is 1. The number of carbonyl (C=O) groups is 1. The summed E-state index contributed by atoms with van der Waals surface area (Å²) in [5, 5.41) is 14.8. The van der Waals surface area contributed by atoms with Crippen LogP contribution in [0, 0.1) is 6.92 Å². The number of hydrogen-bond acceptors (Lipinski definition) is 6. The predicted molar refractivity (Wildman–Crippen MR) is 101 cm³/mol. The first-order chi connectivity index (χ1) is 12.5. The van der Waals surface area contributed by atoms with Crippen LogP contribution in [0.3, 0.4) is 0 Å². The molecule has 0 fully saturated rings. The maximum absolute atomic E-state index is 12.0. The number of hydrogen-bond donors (Lipinski definition) is 1. The second-order valence-electron chi connectivity index (χ2n) is 6.15. The Morgan fingerprint density at radius 2 is 2.00 bits per heavy atom. The van der Waals surface area contributed by atoms with Crippen molar-refractivity contribution in [3.05, 3.63) is 42.1 Å². The van der Waals surface area contributed by atoms with E-state index in [9.17, 15) is 4.79 Å². The highest BCUT2D eigenvalue weighted by atomic mass is 32.2. The standard InChI is InChI=1S/C18H21N5O2S/c1-12(2)23-10-8-15(22-23)17-20-21-18(25-17)19-16(24)9-11-26-14-6-4-13(3)5-7-14/h4-8,10,12H,9,11H2,1-3H3,(H,19,21,24). The van der Waals surface area contributed by atoms with Crippen LogP contribution >= 0.6 is 11.8 Å². The molecule has 1 N–H and O–H groups in total. The Morgan fingerprint density at radius 3 is 2.69 bits per heavy atom. The van der Waals surface area contributed by atoms with E-state index in [1.165, 1.54) is 5.56 Å². The molecule has 0 aliphatic carbocycles. The van der Waals surface area contributed by atoms with Crippen LogP contribution in [0.25, 0.3) is 11.6 Å². The van der Waals surface area contributed by atoms with E-state index in [2.05, 4.69) is 44.9 Å². The van der Waals surface area contributed by atoms with Gasteiger partial charge in [-0.3, -0.25) is 14.8 Å². The summed E-state index contributed by atoms with van der Waals surface area (Å²) < 4.78 is 7.28. The molecule has 2 aromatic heterocycles. The minimum absolute atomic E-state index is 0.0874. The number of amides is 1. The van der Waals surface area contributed by atoms with E-state index in [1.54, 1.807) is 22.5 Å². The fraction of sp³-hybridized carbons (Fsp3) is 0.333. The minimum Gasteiger partial charge on any atom is -0.401 e. The van der Waals surface area contributed by atoms with E-state index in [0.717, 1.165) is 4.90 Å². The first-order valence-electron chi connectivity index (χ1n) is 8.39. The van der Waals surface area contributed by atoms with Gasteiger partial charge in [0.2, 0.25) is 5.91 Å². The van der Waals surface area contributed by atoms with Gasteiger partial charge < -0.3 is 4.42 Å². The highest BCUT2D eigenvalue weighted by molar-refractivity contribution is 7.99. The normalized spacial score (nSPS) is 11.1. The van der Waals surface area contributed by atoms with Gasteiger partial charge in [-0.25, -0.2) is 0 Å². The summed E-state index contributed by atoms with van der Waals surface area (Å²) >= 11 is 1.64. The van der Waals surface area contributed by atoms with Crippen LogP contribution in [0.15, 0.2) is 45.8 Å². The number of thioether (sulfide) groups is 1. The molecule has 1 aromatic carbocycles. The van der Waals surface area contributed by atoms with Gasteiger partial charge in [-0.2, -0.15) is 5.10 Å². The van der Waals surface area contributed by atoms with Crippen LogP contribution in [0.4, 0.5) is 6.01 Å². The summed E-state index contributed by atoms with van der Waals surface area (Å²) in [6.45, 7) is 6.11. The molecule has 0 aliphatic rings. The van der Waals surface area contributed by atoms with Gasteiger partial charge in [0.1, 0.15) is 5.69 Å². The summed E-state index contributed by atoms with van der Waals surface area (Å²) in [5.41, 5.74) is 1.80. The minimum atomic E-state index is -0.160. The highest BCUT2D eigenvalue weighted by Gasteiger charge is 2.14. The third-order valence-electron chi connectivity index (χ3n) is 3.65. The van der Waals surface area contributed by atoms with Crippen molar-refractivity contribution in [2.45, 2.75) is 38.1 Å². The number of carbonyl (C=O) groups excluding carboxylic acids is 1. The Hall–Kier alpha value is -2.61. The van der Waals surface area contributed by atoms with Gasteiger partial charge in [0.25, 0.3) is 5.89 Å². The molecule has 2 heterocycles. The predicted octanol–water partition coefficient (Wildman–Crippen LogP) is 3.94. The zero-order valence-electron chi connectivity index (χ0n) is 15.0. The molecule has 136 valence electrons. The second kappa shape index (κ2) is 8.18.